The first-order valence-electron chi connectivity index (χ1n) is 4.77. The van der Waals surface area contributed by atoms with E-state index in [1.807, 2.05) is 0 Å². The van der Waals surface area contributed by atoms with E-state index in [2.05, 4.69) is 9.47 Å². The van der Waals surface area contributed by atoms with Crippen LogP contribution in [0.2, 0.25) is 0 Å². The lowest BCUT2D eigenvalue weighted by atomic mass is 10.1. The Morgan fingerprint density at radius 3 is 2.41 bits per heavy atom. The lowest BCUT2D eigenvalue weighted by Crippen LogP contribution is -2.18. The van der Waals surface area contributed by atoms with Gasteiger partial charge in [-0.15, -0.1) is 0 Å². The molecule has 0 unspecified atom stereocenters. The van der Waals surface area contributed by atoms with Gasteiger partial charge in [-0.25, -0.2) is 9.59 Å². The molecule has 0 aromatic heterocycles. The summed E-state index contributed by atoms with van der Waals surface area (Å²) in [5.74, 6) is -1.76. The molecular weight excluding hydrogens is 226 g/mol. The average Bonchev–Trinajstić information content (AvgIpc) is 2.27. The van der Waals surface area contributed by atoms with Crippen LogP contribution >= 0.6 is 0 Å². The molecule has 0 saturated carbocycles. The highest BCUT2D eigenvalue weighted by Crippen LogP contribution is 2.09. The predicted molar refractivity (Wildman–Crippen MR) is 56.9 cm³/mol. The first-order chi connectivity index (χ1) is 8.04. The molecule has 0 aliphatic carbocycles. The number of nitrogens with two attached hydrogens (primary N) is 1. The standard InChI is InChI=1S/C11H11NO5/c1-7(13)16-11(15)17-10(14)9-5-3-2-4-8(9)6-12/h2-5H,6,12H2,1H3. The van der Waals surface area contributed by atoms with Gasteiger partial charge >= 0.3 is 18.1 Å². The van der Waals surface area contributed by atoms with E-state index in [0.29, 0.717) is 5.56 Å². The monoisotopic (exact) mass is 237 g/mol. The fourth-order valence-corrected chi connectivity index (χ4v) is 1.17. The van der Waals surface area contributed by atoms with Gasteiger partial charge in [0.1, 0.15) is 0 Å². The van der Waals surface area contributed by atoms with E-state index in [-0.39, 0.29) is 12.1 Å². The maximum Gasteiger partial charge on any atom is 0.524 e. The molecule has 0 spiro atoms. The molecule has 90 valence electrons. The Morgan fingerprint density at radius 2 is 1.82 bits per heavy atom. The third kappa shape index (κ3) is 3.69. The Morgan fingerprint density at radius 1 is 1.18 bits per heavy atom. The van der Waals surface area contributed by atoms with Crippen molar-refractivity contribution < 1.29 is 23.9 Å². The van der Waals surface area contributed by atoms with Crippen LogP contribution in [0.25, 0.3) is 0 Å². The molecule has 2 N–H and O–H groups in total. The van der Waals surface area contributed by atoms with Crippen molar-refractivity contribution in [2.75, 3.05) is 0 Å². The summed E-state index contributed by atoms with van der Waals surface area (Å²) in [6, 6.07) is 6.40. The molecule has 1 aromatic rings. The highest BCUT2D eigenvalue weighted by molar-refractivity contribution is 5.98. The lowest BCUT2D eigenvalue weighted by Gasteiger charge is -2.05. The minimum absolute atomic E-state index is 0.132. The van der Waals surface area contributed by atoms with E-state index in [4.69, 9.17) is 5.73 Å². The van der Waals surface area contributed by atoms with Crippen LogP contribution in [0, 0.1) is 0 Å². The van der Waals surface area contributed by atoms with Gasteiger partial charge in [-0.05, 0) is 11.6 Å². The SMILES string of the molecule is CC(=O)OC(=O)OC(=O)c1ccccc1CN. The van der Waals surface area contributed by atoms with Crippen LogP contribution in [0.4, 0.5) is 4.79 Å². The molecule has 0 aliphatic rings. The highest BCUT2D eigenvalue weighted by atomic mass is 16.8. The van der Waals surface area contributed by atoms with Crippen molar-refractivity contribution in [2.24, 2.45) is 5.73 Å². The average molecular weight is 237 g/mol. The summed E-state index contributed by atoms with van der Waals surface area (Å²) in [4.78, 5) is 32.9. The van der Waals surface area contributed by atoms with Gasteiger partial charge in [-0.2, -0.15) is 0 Å². The normalized spacial score (nSPS) is 9.53. The first-order valence-corrected chi connectivity index (χ1v) is 4.77. The van der Waals surface area contributed by atoms with Gasteiger partial charge in [0.05, 0.1) is 5.56 Å². The highest BCUT2D eigenvalue weighted by Gasteiger charge is 2.17. The number of carbonyl (C=O) groups excluding carboxylic acids is 3. The lowest BCUT2D eigenvalue weighted by molar-refractivity contribution is -0.136. The van der Waals surface area contributed by atoms with Crippen LogP contribution in [0.3, 0.4) is 0 Å². The van der Waals surface area contributed by atoms with E-state index in [1.165, 1.54) is 6.07 Å². The molecule has 1 aromatic carbocycles. The second-order valence-electron chi connectivity index (χ2n) is 3.09. The van der Waals surface area contributed by atoms with Crippen molar-refractivity contribution in [1.29, 1.82) is 0 Å². The topological polar surface area (TPSA) is 95.7 Å². The predicted octanol–water partition coefficient (Wildman–Crippen LogP) is 0.985. The number of hydrogen-bond donors (Lipinski definition) is 1. The van der Waals surface area contributed by atoms with E-state index >= 15 is 0 Å². The largest absolute Gasteiger partial charge is 0.524 e. The third-order valence-corrected chi connectivity index (χ3v) is 1.86. The van der Waals surface area contributed by atoms with Crippen molar-refractivity contribution in [3.05, 3.63) is 35.4 Å². The van der Waals surface area contributed by atoms with Crippen LogP contribution in [0.15, 0.2) is 24.3 Å². The Kier molecular flexibility index (Phi) is 4.36. The zero-order chi connectivity index (χ0) is 12.8. The van der Waals surface area contributed by atoms with Crippen LogP contribution < -0.4 is 5.73 Å². The minimum atomic E-state index is -1.35. The van der Waals surface area contributed by atoms with Crippen LogP contribution in [-0.2, 0) is 20.8 Å². The van der Waals surface area contributed by atoms with Crippen molar-refractivity contribution in [2.45, 2.75) is 13.5 Å². The summed E-state index contributed by atoms with van der Waals surface area (Å²) in [6.45, 7) is 1.16. The van der Waals surface area contributed by atoms with Crippen LogP contribution in [-0.4, -0.2) is 18.1 Å². The Hall–Kier alpha value is -2.21. The van der Waals surface area contributed by atoms with E-state index < -0.39 is 18.1 Å². The summed E-state index contributed by atoms with van der Waals surface area (Å²) in [7, 11) is 0. The van der Waals surface area contributed by atoms with E-state index in [9.17, 15) is 14.4 Å². The molecule has 6 heteroatoms. The molecule has 17 heavy (non-hydrogen) atoms. The number of carbonyl (C=O) groups is 3. The third-order valence-electron chi connectivity index (χ3n) is 1.86. The van der Waals surface area contributed by atoms with Gasteiger partial charge in [0.15, 0.2) is 0 Å². The number of hydrogen-bond acceptors (Lipinski definition) is 6. The second kappa shape index (κ2) is 5.76. The van der Waals surface area contributed by atoms with Crippen LogP contribution in [0.1, 0.15) is 22.8 Å². The van der Waals surface area contributed by atoms with Gasteiger partial charge in [0.25, 0.3) is 0 Å². The summed E-state index contributed by atoms with van der Waals surface area (Å²) in [6.07, 6.45) is -1.35. The second-order valence-corrected chi connectivity index (χ2v) is 3.09. The molecule has 0 amide bonds. The minimum Gasteiger partial charge on any atom is -0.360 e. The Bertz CT molecular complexity index is 455. The fraction of sp³-hybridized carbons (Fsp3) is 0.182. The molecule has 0 bridgehead atoms. The van der Waals surface area contributed by atoms with Crippen LogP contribution in [0.5, 0.6) is 0 Å². The molecule has 1 rings (SSSR count). The van der Waals surface area contributed by atoms with E-state index in [0.717, 1.165) is 6.92 Å². The molecule has 0 radical (unpaired) electrons. The zero-order valence-corrected chi connectivity index (χ0v) is 9.14. The van der Waals surface area contributed by atoms with Gasteiger partial charge in [-0.3, -0.25) is 4.79 Å². The number of esters is 2. The molecule has 0 atom stereocenters. The quantitative estimate of drug-likeness (QED) is 0.608. The Balaban J connectivity index is 2.76. The van der Waals surface area contributed by atoms with Gasteiger partial charge in [0, 0.05) is 13.5 Å². The molecule has 0 aliphatic heterocycles. The Labute approximate surface area is 97.3 Å². The molecule has 0 heterocycles. The van der Waals surface area contributed by atoms with Gasteiger partial charge in [0.2, 0.25) is 0 Å². The molecule has 0 saturated heterocycles. The van der Waals surface area contributed by atoms with Gasteiger partial charge in [-0.1, -0.05) is 18.2 Å². The maximum atomic E-state index is 11.5. The van der Waals surface area contributed by atoms with Crippen molar-refractivity contribution in [3.8, 4) is 0 Å². The first kappa shape index (κ1) is 12.9. The fourth-order valence-electron chi connectivity index (χ4n) is 1.17. The smallest absolute Gasteiger partial charge is 0.360 e. The number of rotatable bonds is 2. The molecular formula is C11H11NO5. The number of ether oxygens (including phenoxy) is 2. The molecule has 0 fully saturated rings. The summed E-state index contributed by atoms with van der Waals surface area (Å²) < 4.78 is 8.38. The molecule has 6 nitrogen and oxygen atoms in total. The van der Waals surface area contributed by atoms with Crippen molar-refractivity contribution in [3.63, 3.8) is 0 Å². The van der Waals surface area contributed by atoms with Crippen molar-refractivity contribution >= 4 is 18.1 Å². The van der Waals surface area contributed by atoms with Gasteiger partial charge < -0.3 is 15.2 Å². The maximum absolute atomic E-state index is 11.5. The summed E-state index contributed by atoms with van der Waals surface area (Å²) >= 11 is 0. The number of benzene rings is 1. The summed E-state index contributed by atoms with van der Waals surface area (Å²) in [5.41, 5.74) is 6.12. The summed E-state index contributed by atoms with van der Waals surface area (Å²) in [5, 5.41) is 0. The zero-order valence-electron chi connectivity index (χ0n) is 9.14. The van der Waals surface area contributed by atoms with E-state index in [1.54, 1.807) is 18.2 Å². The van der Waals surface area contributed by atoms with Crippen molar-refractivity contribution in [1.82, 2.24) is 0 Å².